The third kappa shape index (κ3) is 4.77. The zero-order valence-corrected chi connectivity index (χ0v) is 22.6. The zero-order chi connectivity index (χ0) is 29.2. The normalized spacial score (nSPS) is 11.6. The number of para-hydroxylation sites is 1. The Hall–Kier alpha value is -6.02. The number of carbonyl (C=O) groups excluding carboxylic acids is 1. The van der Waals surface area contributed by atoms with Crippen LogP contribution in [0.15, 0.2) is 90.2 Å². The average Bonchev–Trinajstić information content (AvgIpc) is 3.36. The van der Waals surface area contributed by atoms with Crippen LogP contribution in [0.1, 0.15) is 40.1 Å². The third-order valence-corrected chi connectivity index (χ3v) is 6.68. The number of hydrogen-bond acceptors (Lipinski definition) is 8. The van der Waals surface area contributed by atoms with Crippen molar-refractivity contribution in [3.63, 3.8) is 0 Å². The number of benzene rings is 2. The maximum atomic E-state index is 14.2. The van der Waals surface area contributed by atoms with Gasteiger partial charge in [-0.2, -0.15) is 0 Å². The molecule has 1 atom stereocenters. The van der Waals surface area contributed by atoms with Crippen molar-refractivity contribution in [3.05, 3.63) is 118 Å². The highest BCUT2D eigenvalue weighted by molar-refractivity contribution is 6.04. The number of rotatable bonds is 5. The number of ether oxygens (including phenoxy) is 1. The Kier molecular flexibility index (Phi) is 6.78. The van der Waals surface area contributed by atoms with Crippen LogP contribution >= 0.6 is 0 Å². The van der Waals surface area contributed by atoms with Crippen molar-refractivity contribution < 1.29 is 9.53 Å². The first-order valence-electron chi connectivity index (χ1n) is 13.0. The summed E-state index contributed by atoms with van der Waals surface area (Å²) in [4.78, 5) is 40.1. The summed E-state index contributed by atoms with van der Waals surface area (Å²) < 4.78 is 8.05. The minimum Gasteiger partial charge on any atom is -0.467 e. The number of carbonyl (C=O) groups is 1. The highest BCUT2D eigenvalue weighted by Crippen LogP contribution is 2.24. The Morgan fingerprint density at radius 3 is 2.57 bits per heavy atom. The van der Waals surface area contributed by atoms with Gasteiger partial charge in [-0.05, 0) is 42.6 Å². The van der Waals surface area contributed by atoms with Crippen molar-refractivity contribution in [1.29, 1.82) is 0 Å². The maximum Gasteiger partial charge on any atom is 0.316 e. The number of methoxy groups -OCH3 is 1. The largest absolute Gasteiger partial charge is 0.467 e. The van der Waals surface area contributed by atoms with Gasteiger partial charge in [-0.3, -0.25) is 14.2 Å². The minimum atomic E-state index is -0.598. The Morgan fingerprint density at radius 2 is 1.81 bits per heavy atom. The predicted molar refractivity (Wildman–Crippen MR) is 157 cm³/mol. The minimum absolute atomic E-state index is 0.0582. The van der Waals surface area contributed by atoms with Crippen LogP contribution in [0.4, 0.5) is 5.82 Å². The molecule has 0 unspecified atom stereocenters. The molecule has 0 aliphatic heterocycles. The molecular weight excluding hydrogens is 532 g/mol. The number of pyridine rings is 1. The van der Waals surface area contributed by atoms with Crippen LogP contribution in [-0.4, -0.2) is 42.2 Å². The van der Waals surface area contributed by atoms with Gasteiger partial charge in [0, 0.05) is 41.7 Å². The molecule has 1 amide bonds. The molecule has 4 heterocycles. The molecule has 6 aromatic rings. The van der Waals surface area contributed by atoms with Crippen molar-refractivity contribution in [1.82, 2.24) is 34.4 Å². The van der Waals surface area contributed by atoms with Gasteiger partial charge in [-0.1, -0.05) is 42.2 Å². The number of nitrogens with zero attached hydrogens (tertiary/aromatic N) is 6. The molecule has 206 valence electrons. The van der Waals surface area contributed by atoms with E-state index in [2.05, 4.69) is 37.2 Å². The van der Waals surface area contributed by atoms with Gasteiger partial charge >= 0.3 is 6.01 Å². The second-order valence-corrected chi connectivity index (χ2v) is 9.37. The first-order chi connectivity index (χ1) is 20.4. The fourth-order valence-electron chi connectivity index (χ4n) is 4.74. The number of fused-ring (bicyclic) bond motifs is 2. The van der Waals surface area contributed by atoms with Gasteiger partial charge in [0.25, 0.3) is 11.5 Å². The van der Waals surface area contributed by atoms with Crippen molar-refractivity contribution >= 4 is 28.1 Å². The van der Waals surface area contributed by atoms with Gasteiger partial charge in [-0.15, -0.1) is 5.10 Å². The molecule has 11 heteroatoms. The summed E-state index contributed by atoms with van der Waals surface area (Å²) in [5, 5.41) is 8.29. The van der Waals surface area contributed by atoms with Gasteiger partial charge in [0.15, 0.2) is 11.5 Å². The lowest BCUT2D eigenvalue weighted by atomic mass is 10.0. The van der Waals surface area contributed by atoms with Crippen LogP contribution < -0.4 is 21.3 Å². The molecule has 42 heavy (non-hydrogen) atoms. The average molecular weight is 557 g/mol. The lowest BCUT2D eigenvalue weighted by Crippen LogP contribution is -2.32. The molecule has 11 nitrogen and oxygen atoms in total. The van der Waals surface area contributed by atoms with Gasteiger partial charge in [0.2, 0.25) is 0 Å². The second-order valence-electron chi connectivity index (χ2n) is 9.37. The summed E-state index contributed by atoms with van der Waals surface area (Å²) in [5.74, 6) is 5.73. The third-order valence-electron chi connectivity index (χ3n) is 6.68. The molecule has 0 aliphatic rings. The number of amides is 1. The van der Waals surface area contributed by atoms with Crippen molar-refractivity contribution in [3.8, 4) is 23.5 Å². The van der Waals surface area contributed by atoms with E-state index in [9.17, 15) is 9.59 Å². The van der Waals surface area contributed by atoms with Crippen molar-refractivity contribution in [2.75, 3.05) is 12.8 Å². The molecule has 0 spiro atoms. The summed E-state index contributed by atoms with van der Waals surface area (Å²) >= 11 is 0. The molecule has 0 aliphatic carbocycles. The van der Waals surface area contributed by atoms with E-state index >= 15 is 0 Å². The lowest BCUT2D eigenvalue weighted by Gasteiger charge is -2.21. The summed E-state index contributed by atoms with van der Waals surface area (Å²) in [6.45, 7) is 1.81. The highest BCUT2D eigenvalue weighted by Gasteiger charge is 2.24. The number of nitrogen functional groups attached to an aromatic ring is 1. The first-order valence-corrected chi connectivity index (χ1v) is 13.0. The van der Waals surface area contributed by atoms with Crippen molar-refractivity contribution in [2.24, 2.45) is 0 Å². The number of nitrogens with two attached hydrogens (primary N) is 1. The molecule has 0 radical (unpaired) electrons. The molecule has 2 aromatic carbocycles. The zero-order valence-electron chi connectivity index (χ0n) is 22.6. The van der Waals surface area contributed by atoms with E-state index in [-0.39, 0.29) is 23.0 Å². The highest BCUT2D eigenvalue weighted by atomic mass is 16.5. The van der Waals surface area contributed by atoms with Crippen LogP contribution in [-0.2, 0) is 0 Å². The van der Waals surface area contributed by atoms with E-state index in [4.69, 9.17) is 10.5 Å². The summed E-state index contributed by atoms with van der Waals surface area (Å²) in [6, 6.07) is 17.9. The van der Waals surface area contributed by atoms with E-state index in [0.29, 0.717) is 38.9 Å². The summed E-state index contributed by atoms with van der Waals surface area (Å²) in [5.41, 5.74) is 8.64. The van der Waals surface area contributed by atoms with Crippen LogP contribution in [0.2, 0.25) is 0 Å². The lowest BCUT2D eigenvalue weighted by molar-refractivity contribution is 0.0941. The fraction of sp³-hybridized carbons (Fsp3) is 0.0968. The maximum absolute atomic E-state index is 14.2. The van der Waals surface area contributed by atoms with E-state index < -0.39 is 11.9 Å². The monoisotopic (exact) mass is 556 g/mol. The molecule has 0 saturated heterocycles. The number of aromatic nitrogens is 6. The quantitative estimate of drug-likeness (QED) is 0.308. The Labute approximate surface area is 239 Å². The molecule has 3 N–H and O–H groups in total. The topological polar surface area (TPSA) is 142 Å². The number of hydrogen-bond donors (Lipinski definition) is 2. The van der Waals surface area contributed by atoms with E-state index in [1.54, 1.807) is 48.4 Å². The van der Waals surface area contributed by atoms with Gasteiger partial charge in [0.05, 0.1) is 24.1 Å². The van der Waals surface area contributed by atoms with E-state index in [1.165, 1.54) is 11.6 Å². The molecule has 6 rings (SSSR count). The van der Waals surface area contributed by atoms with Crippen LogP contribution in [0, 0.1) is 11.8 Å². The first kappa shape index (κ1) is 26.2. The fourth-order valence-corrected chi connectivity index (χ4v) is 4.74. The summed E-state index contributed by atoms with van der Waals surface area (Å²) in [7, 11) is 1.49. The smallest absolute Gasteiger partial charge is 0.316 e. The van der Waals surface area contributed by atoms with Crippen molar-refractivity contribution in [2.45, 2.75) is 13.0 Å². The predicted octanol–water partition coefficient (Wildman–Crippen LogP) is 3.31. The SMILES string of the molecule is COc1ncc(C#Cc2cccc3cc([C@@H](C)NC(=O)c4c(N)nn5cccnc45)n(-c4ccccc4)c(=O)c23)cn1. The Morgan fingerprint density at radius 1 is 1.02 bits per heavy atom. The molecule has 0 bridgehead atoms. The second kappa shape index (κ2) is 10.9. The Bertz CT molecular complexity index is 2070. The summed E-state index contributed by atoms with van der Waals surface area (Å²) in [6.07, 6.45) is 6.34. The van der Waals surface area contributed by atoms with E-state index in [0.717, 1.165) is 0 Å². The molecular formula is C31H24N8O3. The molecule has 0 saturated carbocycles. The van der Waals surface area contributed by atoms with Crippen LogP contribution in [0.3, 0.4) is 0 Å². The number of nitrogens with one attached hydrogen (secondary N) is 1. The number of anilines is 1. The molecule has 0 fully saturated rings. The standard InChI is InChI=1S/C31H24N8O3/c1-19(36-29(40)26-27(32)37-38-15-7-14-33-28(26)38)24-16-22-9-6-8-21(13-12-20-17-34-31(42-2)35-18-20)25(22)30(41)39(24)23-10-4-3-5-11-23/h3-11,14-19H,1-2H3,(H2,32,37)(H,36,40)/t19-/m1/s1. The molecule has 4 aromatic heterocycles. The van der Waals surface area contributed by atoms with Crippen LogP contribution in [0.25, 0.3) is 22.1 Å². The van der Waals surface area contributed by atoms with Gasteiger partial charge in [-0.25, -0.2) is 19.5 Å². The van der Waals surface area contributed by atoms with E-state index in [1.807, 2.05) is 48.5 Å². The van der Waals surface area contributed by atoms with Gasteiger partial charge in [0.1, 0.15) is 5.56 Å². The van der Waals surface area contributed by atoms with Crippen LogP contribution in [0.5, 0.6) is 6.01 Å². The van der Waals surface area contributed by atoms with Gasteiger partial charge < -0.3 is 15.8 Å². The Balaban J connectivity index is 1.46.